The van der Waals surface area contributed by atoms with Crippen molar-refractivity contribution in [2.24, 2.45) is 5.92 Å². The number of aryl methyl sites for hydroxylation is 2. The van der Waals surface area contributed by atoms with E-state index in [1.165, 1.54) is 12.8 Å². The number of piperidine rings is 1. The molecule has 2 saturated heterocycles. The van der Waals surface area contributed by atoms with Crippen LogP contribution >= 0.6 is 0 Å². The molecule has 0 aromatic heterocycles. The molecule has 2 unspecified atom stereocenters. The number of rotatable bonds is 5. The lowest BCUT2D eigenvalue weighted by Crippen LogP contribution is -2.41. The molecule has 2 bridgehead atoms. The molecule has 1 aromatic carbocycles. The van der Waals surface area contributed by atoms with Gasteiger partial charge < -0.3 is 15.5 Å². The van der Waals surface area contributed by atoms with Gasteiger partial charge >= 0.3 is 0 Å². The van der Waals surface area contributed by atoms with Gasteiger partial charge in [0.25, 0.3) is 0 Å². The quantitative estimate of drug-likeness (QED) is 0.864. The van der Waals surface area contributed by atoms with E-state index in [1.807, 2.05) is 32.0 Å². The first-order valence-corrected chi connectivity index (χ1v) is 9.28. The Labute approximate surface area is 150 Å². The number of para-hydroxylation sites is 1. The molecular weight excluding hydrogens is 314 g/mol. The van der Waals surface area contributed by atoms with Gasteiger partial charge in [0.15, 0.2) is 0 Å². The minimum atomic E-state index is -0.140. The minimum Gasteiger partial charge on any atom is -0.336 e. The monoisotopic (exact) mass is 343 g/mol. The van der Waals surface area contributed by atoms with Gasteiger partial charge in [0.2, 0.25) is 11.8 Å². The largest absolute Gasteiger partial charge is 0.336 e. The summed E-state index contributed by atoms with van der Waals surface area (Å²) in [6, 6.07) is 7.11. The number of anilines is 1. The van der Waals surface area contributed by atoms with Crippen molar-refractivity contribution < 1.29 is 9.59 Å². The van der Waals surface area contributed by atoms with E-state index in [9.17, 15) is 9.59 Å². The molecule has 5 nitrogen and oxygen atoms in total. The molecule has 0 spiro atoms. The number of fused-ring (bicyclic) bond motifs is 2. The number of nitrogens with zero attached hydrogens (tertiary/aromatic N) is 1. The van der Waals surface area contributed by atoms with E-state index in [0.29, 0.717) is 24.4 Å². The molecular formula is C20H29N3O2. The number of carbonyl (C=O) groups excluding carboxylic acids is 2. The van der Waals surface area contributed by atoms with Crippen LogP contribution in [-0.4, -0.2) is 42.4 Å². The fourth-order valence-electron chi connectivity index (χ4n) is 4.24. The van der Waals surface area contributed by atoms with E-state index in [0.717, 1.165) is 29.7 Å². The third kappa shape index (κ3) is 4.40. The molecule has 136 valence electrons. The first-order valence-electron chi connectivity index (χ1n) is 9.28. The molecule has 2 fully saturated rings. The Hall–Kier alpha value is -1.88. The molecule has 25 heavy (non-hydrogen) atoms. The first kappa shape index (κ1) is 17.9. The second-order valence-electron chi connectivity index (χ2n) is 7.74. The molecule has 2 aliphatic heterocycles. The number of hydrogen-bond acceptors (Lipinski definition) is 3. The van der Waals surface area contributed by atoms with Crippen LogP contribution in [0.15, 0.2) is 18.2 Å². The van der Waals surface area contributed by atoms with Crippen LogP contribution in [0.2, 0.25) is 0 Å². The van der Waals surface area contributed by atoms with Gasteiger partial charge in [0, 0.05) is 31.2 Å². The standard InChI is InChI=1S/C20H29N3O2/c1-13-5-4-6-14(2)20(13)22-18(24)12-23(3)19(25)11-15-9-16-7-8-17(10-15)21-16/h4-6,15-17,21H,7-12H2,1-3H3,(H,22,24). The predicted octanol–water partition coefficient (Wildman–Crippen LogP) is 2.62. The van der Waals surface area contributed by atoms with Crippen LogP contribution in [-0.2, 0) is 9.59 Å². The van der Waals surface area contributed by atoms with Crippen molar-refractivity contribution in [3.63, 3.8) is 0 Å². The predicted molar refractivity (Wildman–Crippen MR) is 99.5 cm³/mol. The summed E-state index contributed by atoms with van der Waals surface area (Å²) in [6.45, 7) is 4.05. The van der Waals surface area contributed by atoms with Crippen LogP contribution in [0.5, 0.6) is 0 Å². The zero-order valence-corrected chi connectivity index (χ0v) is 15.5. The summed E-state index contributed by atoms with van der Waals surface area (Å²) in [6.07, 6.45) is 5.21. The van der Waals surface area contributed by atoms with Gasteiger partial charge in [-0.3, -0.25) is 9.59 Å². The highest BCUT2D eigenvalue weighted by molar-refractivity contribution is 5.95. The van der Waals surface area contributed by atoms with Crippen LogP contribution in [0.3, 0.4) is 0 Å². The number of likely N-dealkylation sites (N-methyl/N-ethyl adjacent to an activating group) is 1. The number of carbonyl (C=O) groups is 2. The maximum absolute atomic E-state index is 12.5. The summed E-state index contributed by atoms with van der Waals surface area (Å²) < 4.78 is 0. The fourth-order valence-corrected chi connectivity index (χ4v) is 4.24. The molecule has 2 atom stereocenters. The van der Waals surface area contributed by atoms with Crippen LogP contribution in [0.4, 0.5) is 5.69 Å². The van der Waals surface area contributed by atoms with Crippen molar-refractivity contribution in [2.75, 3.05) is 18.9 Å². The SMILES string of the molecule is Cc1cccc(C)c1NC(=O)CN(C)C(=O)CC1CC2CCC(C1)N2. The van der Waals surface area contributed by atoms with E-state index in [2.05, 4.69) is 10.6 Å². The molecule has 2 amide bonds. The van der Waals surface area contributed by atoms with E-state index in [-0.39, 0.29) is 18.4 Å². The maximum Gasteiger partial charge on any atom is 0.243 e. The van der Waals surface area contributed by atoms with Crippen molar-refractivity contribution in [3.05, 3.63) is 29.3 Å². The lowest BCUT2D eigenvalue weighted by atomic mass is 9.89. The van der Waals surface area contributed by atoms with Gasteiger partial charge in [-0.2, -0.15) is 0 Å². The third-order valence-electron chi connectivity index (χ3n) is 5.59. The Morgan fingerprint density at radius 3 is 2.36 bits per heavy atom. The molecule has 0 saturated carbocycles. The van der Waals surface area contributed by atoms with Gasteiger partial charge in [0.1, 0.15) is 0 Å². The highest BCUT2D eigenvalue weighted by atomic mass is 16.2. The van der Waals surface area contributed by atoms with Crippen molar-refractivity contribution in [1.29, 1.82) is 0 Å². The van der Waals surface area contributed by atoms with Crippen LogP contribution in [0, 0.1) is 19.8 Å². The first-order chi connectivity index (χ1) is 11.9. The highest BCUT2D eigenvalue weighted by Gasteiger charge is 2.34. The van der Waals surface area contributed by atoms with Gasteiger partial charge in [0.05, 0.1) is 6.54 Å². The van der Waals surface area contributed by atoms with Crippen molar-refractivity contribution in [2.45, 2.75) is 58.0 Å². The number of amides is 2. The average molecular weight is 343 g/mol. The van der Waals surface area contributed by atoms with Gasteiger partial charge in [-0.15, -0.1) is 0 Å². The molecule has 2 aliphatic rings. The number of hydrogen-bond donors (Lipinski definition) is 2. The summed E-state index contributed by atoms with van der Waals surface area (Å²) in [5.74, 6) is 0.386. The normalized spacial score (nSPS) is 24.8. The van der Waals surface area contributed by atoms with Gasteiger partial charge in [-0.1, -0.05) is 18.2 Å². The minimum absolute atomic E-state index is 0.0722. The molecule has 1 aromatic rings. The molecule has 5 heteroatoms. The molecule has 2 heterocycles. The zero-order valence-electron chi connectivity index (χ0n) is 15.5. The third-order valence-corrected chi connectivity index (χ3v) is 5.59. The van der Waals surface area contributed by atoms with Gasteiger partial charge in [-0.25, -0.2) is 0 Å². The highest BCUT2D eigenvalue weighted by Crippen LogP contribution is 2.32. The van der Waals surface area contributed by atoms with E-state index >= 15 is 0 Å². The second-order valence-corrected chi connectivity index (χ2v) is 7.74. The summed E-state index contributed by atoms with van der Waals surface area (Å²) >= 11 is 0. The summed E-state index contributed by atoms with van der Waals surface area (Å²) in [4.78, 5) is 26.4. The Morgan fingerprint density at radius 2 is 1.76 bits per heavy atom. The summed E-state index contributed by atoms with van der Waals surface area (Å²) in [5, 5.41) is 6.55. The van der Waals surface area contributed by atoms with E-state index < -0.39 is 0 Å². The van der Waals surface area contributed by atoms with E-state index in [4.69, 9.17) is 0 Å². The number of benzene rings is 1. The zero-order chi connectivity index (χ0) is 18.0. The smallest absolute Gasteiger partial charge is 0.243 e. The van der Waals surface area contributed by atoms with Crippen molar-refractivity contribution in [3.8, 4) is 0 Å². The number of nitrogens with one attached hydrogen (secondary N) is 2. The van der Waals surface area contributed by atoms with Crippen molar-refractivity contribution >= 4 is 17.5 Å². The molecule has 0 aliphatic carbocycles. The van der Waals surface area contributed by atoms with Gasteiger partial charge in [-0.05, 0) is 56.6 Å². The second kappa shape index (κ2) is 7.56. The average Bonchev–Trinajstić information content (AvgIpc) is 2.89. The van der Waals surface area contributed by atoms with Crippen molar-refractivity contribution in [1.82, 2.24) is 10.2 Å². The maximum atomic E-state index is 12.5. The molecule has 3 rings (SSSR count). The Bertz CT molecular complexity index is 626. The van der Waals surface area contributed by atoms with E-state index in [1.54, 1.807) is 11.9 Å². The topological polar surface area (TPSA) is 61.4 Å². The lowest BCUT2D eigenvalue weighted by molar-refractivity contribution is -0.134. The summed E-state index contributed by atoms with van der Waals surface area (Å²) in [7, 11) is 1.72. The molecule has 2 N–H and O–H groups in total. The fraction of sp³-hybridized carbons (Fsp3) is 0.600. The van der Waals surface area contributed by atoms with Crippen LogP contribution in [0.1, 0.15) is 43.2 Å². The summed E-state index contributed by atoms with van der Waals surface area (Å²) in [5.41, 5.74) is 2.92. The molecule has 0 radical (unpaired) electrons. The Balaban J connectivity index is 1.50. The van der Waals surface area contributed by atoms with Crippen LogP contribution < -0.4 is 10.6 Å². The Morgan fingerprint density at radius 1 is 1.16 bits per heavy atom. The Kier molecular flexibility index (Phi) is 5.42. The lowest BCUT2D eigenvalue weighted by Gasteiger charge is -2.29. The van der Waals surface area contributed by atoms with Crippen LogP contribution in [0.25, 0.3) is 0 Å².